The molecule has 0 aliphatic heterocycles. The Bertz CT molecular complexity index is 471. The highest BCUT2D eigenvalue weighted by Crippen LogP contribution is 2.32. The van der Waals surface area contributed by atoms with E-state index in [9.17, 15) is 0 Å². The monoisotopic (exact) mass is 206 g/mol. The Morgan fingerprint density at radius 1 is 1.43 bits per heavy atom. The summed E-state index contributed by atoms with van der Waals surface area (Å²) in [5.74, 6) is 0.863. The van der Waals surface area contributed by atoms with E-state index < -0.39 is 0 Å². The summed E-state index contributed by atoms with van der Waals surface area (Å²) in [5, 5.41) is 1.80. The Balaban J connectivity index is 2.13. The largest absolute Gasteiger partial charge is 0.345 e. The molecule has 0 amide bonds. The molecule has 0 unspecified atom stereocenters. The lowest BCUT2D eigenvalue weighted by atomic mass is 10.3. The Morgan fingerprint density at radius 3 is 3.07 bits per heavy atom. The van der Waals surface area contributed by atoms with E-state index >= 15 is 0 Å². The zero-order valence-corrected chi connectivity index (χ0v) is 8.54. The van der Waals surface area contributed by atoms with E-state index in [1.807, 2.05) is 6.07 Å². The molecule has 2 nitrogen and oxygen atoms in total. The van der Waals surface area contributed by atoms with E-state index in [4.69, 9.17) is 11.6 Å². The summed E-state index contributed by atoms with van der Waals surface area (Å²) in [6, 6.07) is 4.11. The van der Waals surface area contributed by atoms with E-state index in [1.54, 1.807) is 6.20 Å². The van der Waals surface area contributed by atoms with Crippen molar-refractivity contribution in [2.45, 2.75) is 19.4 Å². The molecule has 0 spiro atoms. The minimum atomic E-state index is 0.619. The first-order chi connectivity index (χ1) is 6.84. The molecule has 2 aromatic rings. The number of halogens is 1. The number of aromatic nitrogens is 2. The van der Waals surface area contributed by atoms with E-state index in [1.165, 1.54) is 18.2 Å². The van der Waals surface area contributed by atoms with Crippen molar-refractivity contribution in [2.24, 2.45) is 5.92 Å². The first kappa shape index (κ1) is 8.30. The molecule has 0 atom stereocenters. The zero-order valence-electron chi connectivity index (χ0n) is 7.78. The van der Waals surface area contributed by atoms with Crippen LogP contribution in [0.15, 0.2) is 24.5 Å². The van der Waals surface area contributed by atoms with Crippen LogP contribution in [0.1, 0.15) is 12.8 Å². The van der Waals surface area contributed by atoms with Crippen molar-refractivity contribution in [1.82, 2.24) is 9.55 Å². The maximum atomic E-state index is 6.08. The molecule has 0 saturated heterocycles. The lowest BCUT2D eigenvalue weighted by Gasteiger charge is -2.04. The third kappa shape index (κ3) is 1.30. The minimum Gasteiger partial charge on any atom is -0.345 e. The number of hydrogen-bond donors (Lipinski definition) is 0. The van der Waals surface area contributed by atoms with Crippen LogP contribution in [-0.2, 0) is 6.54 Å². The topological polar surface area (TPSA) is 17.8 Å². The summed E-state index contributed by atoms with van der Waals surface area (Å²) in [4.78, 5) is 4.11. The van der Waals surface area contributed by atoms with Crippen molar-refractivity contribution in [2.75, 3.05) is 0 Å². The highest BCUT2D eigenvalue weighted by molar-refractivity contribution is 6.33. The van der Waals surface area contributed by atoms with Crippen molar-refractivity contribution < 1.29 is 0 Å². The highest BCUT2D eigenvalue weighted by Gasteiger charge is 2.22. The smallest absolute Gasteiger partial charge is 0.153 e. The van der Waals surface area contributed by atoms with Gasteiger partial charge in [0.2, 0.25) is 0 Å². The van der Waals surface area contributed by atoms with Gasteiger partial charge in [0.15, 0.2) is 5.15 Å². The molecule has 14 heavy (non-hydrogen) atoms. The molecule has 0 N–H and O–H groups in total. The number of pyridine rings is 1. The number of rotatable bonds is 2. The Kier molecular flexibility index (Phi) is 1.77. The fourth-order valence-corrected chi connectivity index (χ4v) is 2.11. The van der Waals surface area contributed by atoms with Gasteiger partial charge in [-0.15, -0.1) is 0 Å². The quantitative estimate of drug-likeness (QED) is 0.691. The lowest BCUT2D eigenvalue weighted by molar-refractivity contribution is 0.647. The van der Waals surface area contributed by atoms with Crippen LogP contribution in [0.3, 0.4) is 0 Å². The van der Waals surface area contributed by atoms with Crippen molar-refractivity contribution in [3.8, 4) is 0 Å². The molecule has 0 radical (unpaired) electrons. The molecular formula is C11H11ClN2. The standard InChI is InChI=1S/C11H11ClN2/c12-11-10-9(3-5-13-11)4-6-14(10)7-8-1-2-8/h3-6,8H,1-2,7H2. The van der Waals surface area contributed by atoms with Crippen LogP contribution in [-0.4, -0.2) is 9.55 Å². The molecule has 0 aromatic carbocycles. The van der Waals surface area contributed by atoms with Gasteiger partial charge in [-0.05, 0) is 30.9 Å². The molecule has 1 aliphatic rings. The Morgan fingerprint density at radius 2 is 2.29 bits per heavy atom. The normalized spacial score (nSPS) is 16.4. The zero-order chi connectivity index (χ0) is 9.54. The third-order valence-corrected chi connectivity index (χ3v) is 3.06. The van der Waals surface area contributed by atoms with Gasteiger partial charge >= 0.3 is 0 Å². The van der Waals surface area contributed by atoms with Gasteiger partial charge in [-0.25, -0.2) is 4.98 Å². The SMILES string of the molecule is Clc1nccc2ccn(CC3CC3)c12. The first-order valence-electron chi connectivity index (χ1n) is 4.94. The van der Waals surface area contributed by atoms with Gasteiger partial charge in [0.25, 0.3) is 0 Å². The van der Waals surface area contributed by atoms with Crippen LogP contribution in [0.4, 0.5) is 0 Å². The molecule has 2 heterocycles. The highest BCUT2D eigenvalue weighted by atomic mass is 35.5. The van der Waals surface area contributed by atoms with Gasteiger partial charge in [0.05, 0.1) is 5.52 Å². The molecule has 1 aliphatic carbocycles. The second-order valence-electron chi connectivity index (χ2n) is 3.95. The number of nitrogens with zero attached hydrogens (tertiary/aromatic N) is 2. The summed E-state index contributed by atoms with van der Waals surface area (Å²) >= 11 is 6.08. The minimum absolute atomic E-state index is 0.619. The number of hydrogen-bond acceptors (Lipinski definition) is 1. The summed E-state index contributed by atoms with van der Waals surface area (Å²) in [6.07, 6.45) is 6.58. The number of fused-ring (bicyclic) bond motifs is 1. The van der Waals surface area contributed by atoms with Gasteiger partial charge in [0.1, 0.15) is 0 Å². The summed E-state index contributed by atoms with van der Waals surface area (Å²) in [6.45, 7) is 1.09. The molecule has 3 heteroatoms. The first-order valence-corrected chi connectivity index (χ1v) is 5.32. The van der Waals surface area contributed by atoms with Gasteiger partial charge < -0.3 is 4.57 Å². The molecule has 1 fully saturated rings. The Hall–Kier alpha value is -1.02. The van der Waals surface area contributed by atoms with Crippen LogP contribution in [0.5, 0.6) is 0 Å². The van der Waals surface area contributed by atoms with E-state index in [0.717, 1.165) is 18.0 Å². The van der Waals surface area contributed by atoms with Gasteiger partial charge in [-0.3, -0.25) is 0 Å². The van der Waals surface area contributed by atoms with Crippen LogP contribution < -0.4 is 0 Å². The Labute approximate surface area is 87.5 Å². The van der Waals surface area contributed by atoms with Gasteiger partial charge in [0, 0.05) is 24.3 Å². The molecule has 72 valence electrons. The van der Waals surface area contributed by atoms with E-state index in [-0.39, 0.29) is 0 Å². The second kappa shape index (κ2) is 2.99. The molecule has 3 rings (SSSR count). The maximum Gasteiger partial charge on any atom is 0.153 e. The second-order valence-corrected chi connectivity index (χ2v) is 4.31. The maximum absolute atomic E-state index is 6.08. The van der Waals surface area contributed by atoms with Gasteiger partial charge in [-0.1, -0.05) is 11.6 Å². The van der Waals surface area contributed by atoms with Crippen LogP contribution in [0.25, 0.3) is 10.9 Å². The summed E-state index contributed by atoms with van der Waals surface area (Å²) in [5.41, 5.74) is 1.08. The van der Waals surface area contributed by atoms with Crippen LogP contribution in [0.2, 0.25) is 5.15 Å². The molecule has 0 bridgehead atoms. The van der Waals surface area contributed by atoms with Gasteiger partial charge in [-0.2, -0.15) is 0 Å². The van der Waals surface area contributed by atoms with E-state index in [2.05, 4.69) is 21.8 Å². The average Bonchev–Trinajstić information content (AvgIpc) is 2.88. The van der Waals surface area contributed by atoms with E-state index in [0.29, 0.717) is 5.15 Å². The van der Waals surface area contributed by atoms with Crippen molar-refractivity contribution in [1.29, 1.82) is 0 Å². The summed E-state index contributed by atoms with van der Waals surface area (Å²) < 4.78 is 2.22. The fourth-order valence-electron chi connectivity index (χ4n) is 1.84. The van der Waals surface area contributed by atoms with Crippen molar-refractivity contribution >= 4 is 22.5 Å². The molecular weight excluding hydrogens is 196 g/mol. The summed E-state index contributed by atoms with van der Waals surface area (Å²) in [7, 11) is 0. The third-order valence-electron chi connectivity index (χ3n) is 2.78. The predicted octanol–water partition coefficient (Wildman–Crippen LogP) is 3.10. The van der Waals surface area contributed by atoms with Crippen molar-refractivity contribution in [3.63, 3.8) is 0 Å². The predicted molar refractivity (Wildman–Crippen MR) is 57.5 cm³/mol. The van der Waals surface area contributed by atoms with Crippen LogP contribution in [0, 0.1) is 5.92 Å². The molecule has 1 saturated carbocycles. The fraction of sp³-hybridized carbons (Fsp3) is 0.364. The lowest BCUT2D eigenvalue weighted by Crippen LogP contribution is -1.98. The van der Waals surface area contributed by atoms with Crippen LogP contribution >= 0.6 is 11.6 Å². The average molecular weight is 207 g/mol. The molecule has 2 aromatic heterocycles. The van der Waals surface area contributed by atoms with Crippen molar-refractivity contribution in [3.05, 3.63) is 29.7 Å².